The van der Waals surface area contributed by atoms with Gasteiger partial charge in [-0.15, -0.1) is 0 Å². The summed E-state index contributed by atoms with van der Waals surface area (Å²) in [6.45, 7) is 10.0. The zero-order valence-electron chi connectivity index (χ0n) is 11.1. The molecule has 0 spiro atoms. The molecule has 5 heteroatoms. The summed E-state index contributed by atoms with van der Waals surface area (Å²) >= 11 is 0. The summed E-state index contributed by atoms with van der Waals surface area (Å²) in [6.07, 6.45) is 2.68. The van der Waals surface area contributed by atoms with E-state index in [1.165, 1.54) is 6.42 Å². The van der Waals surface area contributed by atoms with Crippen LogP contribution in [0.5, 0.6) is 0 Å². The number of likely N-dealkylation sites (N-methyl/N-ethyl adjacent to an activating group) is 1. The van der Waals surface area contributed by atoms with Gasteiger partial charge in [-0.2, -0.15) is 0 Å². The highest BCUT2D eigenvalue weighted by molar-refractivity contribution is 5.75. The van der Waals surface area contributed by atoms with Crippen LogP contribution >= 0.6 is 0 Å². The quantitative estimate of drug-likeness (QED) is 0.380. The molecular weight excluding hydrogens is 216 g/mol. The molecule has 1 fully saturated rings. The number of likely N-dealkylation sites (tertiary alicyclic amines) is 1. The van der Waals surface area contributed by atoms with Crippen molar-refractivity contribution in [3.63, 3.8) is 0 Å². The molecule has 1 atom stereocenters. The molecule has 0 radical (unpaired) electrons. The second-order valence-corrected chi connectivity index (χ2v) is 4.64. The number of carbonyl (C=O) groups is 1. The molecule has 17 heavy (non-hydrogen) atoms. The summed E-state index contributed by atoms with van der Waals surface area (Å²) in [6, 6.07) is 0.702. The smallest absolute Gasteiger partial charge is 0.233 e. The number of hydrazine groups is 1. The highest BCUT2D eigenvalue weighted by Gasteiger charge is 2.25. The van der Waals surface area contributed by atoms with Crippen LogP contribution in [-0.2, 0) is 4.79 Å². The van der Waals surface area contributed by atoms with Gasteiger partial charge in [-0.3, -0.25) is 15.1 Å². The predicted octanol–water partition coefficient (Wildman–Crippen LogP) is 0.173. The van der Waals surface area contributed by atoms with Gasteiger partial charge in [0.1, 0.15) is 0 Å². The molecule has 1 saturated heterocycles. The Morgan fingerprint density at radius 2 is 2.18 bits per heavy atom. The largest absolute Gasteiger partial charge is 0.302 e. The zero-order valence-corrected chi connectivity index (χ0v) is 11.1. The van der Waals surface area contributed by atoms with E-state index in [0.717, 1.165) is 39.1 Å². The normalized spacial score (nSPS) is 21.1. The van der Waals surface area contributed by atoms with Gasteiger partial charge in [0, 0.05) is 19.0 Å². The fourth-order valence-electron chi connectivity index (χ4n) is 2.59. The first-order valence-corrected chi connectivity index (χ1v) is 6.67. The molecular formula is C12H26N4O. The Morgan fingerprint density at radius 1 is 1.47 bits per heavy atom. The maximum atomic E-state index is 11.0. The minimum Gasteiger partial charge on any atom is -0.302 e. The minimum absolute atomic E-state index is 0.0653. The van der Waals surface area contributed by atoms with Crippen LogP contribution in [0, 0.1) is 0 Å². The summed E-state index contributed by atoms with van der Waals surface area (Å²) in [5.41, 5.74) is 2.17. The maximum absolute atomic E-state index is 11.0. The number of nitrogens with zero attached hydrogens (tertiary/aromatic N) is 2. The van der Waals surface area contributed by atoms with Crippen LogP contribution in [-0.4, -0.2) is 54.5 Å². The van der Waals surface area contributed by atoms with E-state index in [9.17, 15) is 4.79 Å². The molecule has 0 saturated carbocycles. The summed E-state index contributed by atoms with van der Waals surface area (Å²) in [5.74, 6) is 4.98. The van der Waals surface area contributed by atoms with Gasteiger partial charge in [-0.1, -0.05) is 13.8 Å². The molecule has 0 bridgehead atoms. The topological polar surface area (TPSA) is 61.6 Å². The van der Waals surface area contributed by atoms with Crippen molar-refractivity contribution in [1.29, 1.82) is 0 Å². The van der Waals surface area contributed by atoms with E-state index in [1.807, 2.05) is 0 Å². The number of carbonyl (C=O) groups excluding carboxylic acids is 1. The van der Waals surface area contributed by atoms with E-state index in [1.54, 1.807) is 0 Å². The van der Waals surface area contributed by atoms with Gasteiger partial charge in [-0.05, 0) is 39.0 Å². The lowest BCUT2D eigenvalue weighted by Gasteiger charge is -2.26. The number of nitrogens with two attached hydrogens (primary N) is 1. The Labute approximate surface area is 104 Å². The van der Waals surface area contributed by atoms with Gasteiger partial charge >= 0.3 is 0 Å². The van der Waals surface area contributed by atoms with Crippen molar-refractivity contribution in [2.75, 3.05) is 32.7 Å². The molecule has 0 aromatic heterocycles. The van der Waals surface area contributed by atoms with Crippen molar-refractivity contribution in [3.05, 3.63) is 0 Å². The summed E-state index contributed by atoms with van der Waals surface area (Å²) in [7, 11) is 0. The third-order valence-electron chi connectivity index (χ3n) is 3.62. The average molecular weight is 242 g/mol. The first kappa shape index (κ1) is 14.4. The first-order chi connectivity index (χ1) is 8.21. The summed E-state index contributed by atoms with van der Waals surface area (Å²) in [4.78, 5) is 16.0. The molecule has 1 amide bonds. The zero-order chi connectivity index (χ0) is 12.7. The van der Waals surface area contributed by atoms with Crippen LogP contribution in [0.25, 0.3) is 0 Å². The lowest BCUT2D eigenvalue weighted by molar-refractivity contribution is -0.121. The van der Waals surface area contributed by atoms with E-state index < -0.39 is 0 Å². The lowest BCUT2D eigenvalue weighted by Crippen LogP contribution is -2.37. The summed E-state index contributed by atoms with van der Waals surface area (Å²) in [5, 5.41) is 0. The van der Waals surface area contributed by atoms with Crippen molar-refractivity contribution in [3.8, 4) is 0 Å². The van der Waals surface area contributed by atoms with Gasteiger partial charge in [0.2, 0.25) is 5.91 Å². The van der Waals surface area contributed by atoms with Gasteiger partial charge in [0.05, 0.1) is 0 Å². The summed E-state index contributed by atoms with van der Waals surface area (Å²) < 4.78 is 0. The van der Waals surface area contributed by atoms with E-state index in [4.69, 9.17) is 5.84 Å². The Balaban J connectivity index is 2.19. The fraction of sp³-hybridized carbons (Fsp3) is 0.917. The Bertz CT molecular complexity index is 231. The molecule has 100 valence electrons. The first-order valence-electron chi connectivity index (χ1n) is 6.67. The molecule has 0 aromatic carbocycles. The van der Waals surface area contributed by atoms with Crippen LogP contribution in [0.15, 0.2) is 0 Å². The van der Waals surface area contributed by atoms with Gasteiger partial charge < -0.3 is 4.90 Å². The van der Waals surface area contributed by atoms with Crippen molar-refractivity contribution >= 4 is 5.91 Å². The van der Waals surface area contributed by atoms with Crippen molar-refractivity contribution < 1.29 is 4.79 Å². The number of rotatable bonds is 7. The van der Waals surface area contributed by atoms with Crippen LogP contribution in [0.4, 0.5) is 0 Å². The predicted molar refractivity (Wildman–Crippen MR) is 69.3 cm³/mol. The molecule has 1 rings (SSSR count). The highest BCUT2D eigenvalue weighted by atomic mass is 16.2. The van der Waals surface area contributed by atoms with Crippen LogP contribution in [0.2, 0.25) is 0 Å². The average Bonchev–Trinajstić information content (AvgIpc) is 2.79. The highest BCUT2D eigenvalue weighted by Crippen LogP contribution is 2.15. The molecule has 5 nitrogen and oxygen atoms in total. The lowest BCUT2D eigenvalue weighted by atomic mass is 10.2. The Kier molecular flexibility index (Phi) is 6.47. The van der Waals surface area contributed by atoms with Crippen molar-refractivity contribution in [1.82, 2.24) is 15.2 Å². The standard InChI is InChI=1S/C12H26N4O/c1-3-16(4-2)11-7-9-15(10-11)8-5-6-12(17)14-13/h11H,3-10,13H2,1-2H3,(H,14,17). The molecule has 1 heterocycles. The second-order valence-electron chi connectivity index (χ2n) is 4.64. The van der Waals surface area contributed by atoms with Crippen molar-refractivity contribution in [2.24, 2.45) is 5.84 Å². The van der Waals surface area contributed by atoms with E-state index in [2.05, 4.69) is 29.1 Å². The number of nitrogens with one attached hydrogen (secondary N) is 1. The molecule has 3 N–H and O–H groups in total. The van der Waals surface area contributed by atoms with Gasteiger partial charge in [-0.25, -0.2) is 5.84 Å². The Morgan fingerprint density at radius 3 is 2.76 bits per heavy atom. The van der Waals surface area contributed by atoms with E-state index in [0.29, 0.717) is 12.5 Å². The number of amides is 1. The SMILES string of the molecule is CCN(CC)C1CCN(CCCC(=O)NN)C1. The molecule has 0 aliphatic carbocycles. The minimum atomic E-state index is -0.0653. The molecule has 1 aliphatic heterocycles. The maximum Gasteiger partial charge on any atom is 0.233 e. The third-order valence-corrected chi connectivity index (χ3v) is 3.62. The van der Waals surface area contributed by atoms with Gasteiger partial charge in [0.25, 0.3) is 0 Å². The van der Waals surface area contributed by atoms with Crippen LogP contribution < -0.4 is 11.3 Å². The Hall–Kier alpha value is -0.650. The fourth-order valence-corrected chi connectivity index (χ4v) is 2.59. The molecule has 1 unspecified atom stereocenters. The van der Waals surface area contributed by atoms with E-state index >= 15 is 0 Å². The van der Waals surface area contributed by atoms with Gasteiger partial charge in [0.15, 0.2) is 0 Å². The molecule has 1 aliphatic rings. The number of hydrogen-bond donors (Lipinski definition) is 2. The second kappa shape index (κ2) is 7.63. The van der Waals surface area contributed by atoms with Crippen molar-refractivity contribution in [2.45, 2.75) is 39.2 Å². The monoisotopic (exact) mass is 242 g/mol. The van der Waals surface area contributed by atoms with Crippen LogP contribution in [0.3, 0.4) is 0 Å². The van der Waals surface area contributed by atoms with E-state index in [-0.39, 0.29) is 5.91 Å². The third kappa shape index (κ3) is 4.61. The number of hydrogen-bond acceptors (Lipinski definition) is 4. The van der Waals surface area contributed by atoms with Crippen LogP contribution in [0.1, 0.15) is 33.1 Å². The molecule has 0 aromatic rings.